The highest BCUT2D eigenvalue weighted by molar-refractivity contribution is 5.66. The van der Waals surface area contributed by atoms with Crippen LogP contribution in [-0.2, 0) is 16.1 Å². The first-order valence-corrected chi connectivity index (χ1v) is 5.39. The van der Waals surface area contributed by atoms with Crippen LogP contribution >= 0.6 is 0 Å². The predicted octanol–water partition coefficient (Wildman–Crippen LogP) is 1.98. The van der Waals surface area contributed by atoms with Crippen molar-refractivity contribution in [3.05, 3.63) is 34.9 Å². The van der Waals surface area contributed by atoms with Crippen molar-refractivity contribution in [3.8, 4) is 0 Å². The lowest BCUT2D eigenvalue weighted by Gasteiger charge is -2.13. The van der Waals surface area contributed by atoms with Gasteiger partial charge in [-0.1, -0.05) is 0 Å². The lowest BCUT2D eigenvalue weighted by atomic mass is 10.0. The molecule has 100 valence electrons. The van der Waals surface area contributed by atoms with Gasteiger partial charge in [-0.05, 0) is 18.6 Å². The number of hydrogen-bond donors (Lipinski definition) is 2. The van der Waals surface area contributed by atoms with Crippen molar-refractivity contribution in [3.63, 3.8) is 0 Å². The summed E-state index contributed by atoms with van der Waals surface area (Å²) in [5.41, 5.74) is 5.72. The molecule has 1 rings (SSSR count). The van der Waals surface area contributed by atoms with Crippen LogP contribution in [0.3, 0.4) is 0 Å². The Morgan fingerprint density at radius 2 is 2.11 bits per heavy atom. The van der Waals surface area contributed by atoms with E-state index in [4.69, 9.17) is 15.6 Å². The van der Waals surface area contributed by atoms with Gasteiger partial charge in [0.1, 0.15) is 11.6 Å². The first-order valence-electron chi connectivity index (χ1n) is 5.39. The predicted molar refractivity (Wildman–Crippen MR) is 60.9 cm³/mol. The maximum Gasteiger partial charge on any atom is 0.303 e. The molecule has 0 saturated carbocycles. The summed E-state index contributed by atoms with van der Waals surface area (Å²) in [5.74, 6) is -2.29. The topological polar surface area (TPSA) is 72.5 Å². The summed E-state index contributed by atoms with van der Waals surface area (Å²) in [6.45, 7) is -0.0343. The van der Waals surface area contributed by atoms with Crippen molar-refractivity contribution in [2.75, 3.05) is 7.11 Å². The van der Waals surface area contributed by atoms with Crippen LogP contribution in [0.5, 0.6) is 0 Å². The molecule has 0 fully saturated rings. The molecule has 0 aliphatic rings. The second-order valence-electron chi connectivity index (χ2n) is 3.94. The van der Waals surface area contributed by atoms with Gasteiger partial charge >= 0.3 is 5.97 Å². The third-order valence-corrected chi connectivity index (χ3v) is 2.53. The Labute approximate surface area is 103 Å². The highest BCUT2D eigenvalue weighted by atomic mass is 19.1. The summed E-state index contributed by atoms with van der Waals surface area (Å²) in [4.78, 5) is 10.4. The lowest BCUT2D eigenvalue weighted by molar-refractivity contribution is -0.137. The van der Waals surface area contributed by atoms with Crippen LogP contribution in [0.15, 0.2) is 12.1 Å². The number of rotatable bonds is 6. The fourth-order valence-corrected chi connectivity index (χ4v) is 1.59. The Bertz CT molecular complexity index is 438. The number of carbonyl (C=O) groups is 1. The summed E-state index contributed by atoms with van der Waals surface area (Å²) >= 11 is 0. The standard InChI is InChI=1S/C12H15F2NO3/c1-18-6-7-4-10(14)8(5-9(7)13)11(15)2-3-12(16)17/h4-5,11H,2-3,6,15H2,1H3,(H,16,17). The lowest BCUT2D eigenvalue weighted by Crippen LogP contribution is -2.15. The van der Waals surface area contributed by atoms with E-state index in [2.05, 4.69) is 0 Å². The molecular weight excluding hydrogens is 244 g/mol. The van der Waals surface area contributed by atoms with Gasteiger partial charge in [-0.2, -0.15) is 0 Å². The fourth-order valence-electron chi connectivity index (χ4n) is 1.59. The van der Waals surface area contributed by atoms with Gasteiger partial charge in [0, 0.05) is 30.7 Å². The molecule has 0 aliphatic heterocycles. The fraction of sp³-hybridized carbons (Fsp3) is 0.417. The minimum atomic E-state index is -1.03. The molecule has 1 aromatic rings. The van der Waals surface area contributed by atoms with E-state index >= 15 is 0 Å². The van der Waals surface area contributed by atoms with Crippen molar-refractivity contribution in [1.29, 1.82) is 0 Å². The zero-order valence-electron chi connectivity index (χ0n) is 9.95. The van der Waals surface area contributed by atoms with E-state index in [1.807, 2.05) is 0 Å². The number of benzene rings is 1. The quantitative estimate of drug-likeness (QED) is 0.819. The number of halogens is 2. The van der Waals surface area contributed by atoms with E-state index in [9.17, 15) is 13.6 Å². The van der Waals surface area contributed by atoms with Crippen LogP contribution in [0, 0.1) is 11.6 Å². The maximum absolute atomic E-state index is 13.7. The molecule has 0 aromatic heterocycles. The minimum absolute atomic E-state index is 0.0198. The Kier molecular flexibility index (Phi) is 5.18. The Balaban J connectivity index is 2.89. The molecule has 0 heterocycles. The molecule has 4 nitrogen and oxygen atoms in total. The van der Waals surface area contributed by atoms with Crippen molar-refractivity contribution in [2.24, 2.45) is 5.73 Å². The molecule has 0 amide bonds. The number of carboxylic acids is 1. The van der Waals surface area contributed by atoms with E-state index in [-0.39, 0.29) is 30.6 Å². The molecule has 0 spiro atoms. The average Bonchev–Trinajstić information content (AvgIpc) is 2.30. The van der Waals surface area contributed by atoms with Crippen LogP contribution in [0.25, 0.3) is 0 Å². The van der Waals surface area contributed by atoms with Gasteiger partial charge in [-0.3, -0.25) is 4.79 Å². The molecule has 3 N–H and O–H groups in total. The van der Waals surface area contributed by atoms with E-state index in [0.717, 1.165) is 12.1 Å². The van der Waals surface area contributed by atoms with Crippen LogP contribution in [-0.4, -0.2) is 18.2 Å². The van der Waals surface area contributed by atoms with Crippen LogP contribution in [0.4, 0.5) is 8.78 Å². The first kappa shape index (κ1) is 14.5. The number of aliphatic carboxylic acids is 1. The number of methoxy groups -OCH3 is 1. The zero-order valence-corrected chi connectivity index (χ0v) is 9.95. The maximum atomic E-state index is 13.7. The van der Waals surface area contributed by atoms with Crippen molar-refractivity contribution in [1.82, 2.24) is 0 Å². The molecule has 0 radical (unpaired) electrons. The number of ether oxygens (including phenoxy) is 1. The van der Waals surface area contributed by atoms with Gasteiger partial charge in [0.15, 0.2) is 0 Å². The van der Waals surface area contributed by atoms with Gasteiger partial charge in [0.05, 0.1) is 6.61 Å². The van der Waals surface area contributed by atoms with E-state index in [0.29, 0.717) is 0 Å². The van der Waals surface area contributed by atoms with Gasteiger partial charge in [0.25, 0.3) is 0 Å². The third kappa shape index (κ3) is 3.75. The third-order valence-electron chi connectivity index (χ3n) is 2.53. The Morgan fingerprint density at radius 3 is 2.67 bits per heavy atom. The highest BCUT2D eigenvalue weighted by Crippen LogP contribution is 2.23. The van der Waals surface area contributed by atoms with Crippen LogP contribution in [0.1, 0.15) is 30.0 Å². The summed E-state index contributed by atoms with van der Waals surface area (Å²) in [7, 11) is 1.38. The van der Waals surface area contributed by atoms with Crippen LogP contribution in [0.2, 0.25) is 0 Å². The highest BCUT2D eigenvalue weighted by Gasteiger charge is 2.16. The number of nitrogens with two attached hydrogens (primary N) is 1. The molecule has 1 atom stereocenters. The normalized spacial score (nSPS) is 12.4. The summed E-state index contributed by atoms with van der Waals surface area (Å²) in [5, 5.41) is 8.51. The van der Waals surface area contributed by atoms with Gasteiger partial charge in [-0.15, -0.1) is 0 Å². The van der Waals surface area contributed by atoms with Crippen LogP contribution < -0.4 is 5.73 Å². The van der Waals surface area contributed by atoms with Gasteiger partial charge < -0.3 is 15.6 Å². The molecular formula is C12H15F2NO3. The molecule has 18 heavy (non-hydrogen) atoms. The van der Waals surface area contributed by atoms with E-state index < -0.39 is 23.6 Å². The average molecular weight is 259 g/mol. The largest absolute Gasteiger partial charge is 0.481 e. The van der Waals surface area contributed by atoms with Crippen molar-refractivity contribution in [2.45, 2.75) is 25.5 Å². The monoisotopic (exact) mass is 259 g/mol. The van der Waals surface area contributed by atoms with Crippen molar-refractivity contribution >= 4 is 5.97 Å². The first-order chi connectivity index (χ1) is 8.45. The minimum Gasteiger partial charge on any atom is -0.481 e. The summed E-state index contributed by atoms with van der Waals surface area (Å²) in [6, 6.07) is 1.18. The van der Waals surface area contributed by atoms with E-state index in [1.165, 1.54) is 7.11 Å². The summed E-state index contributed by atoms with van der Waals surface area (Å²) in [6.07, 6.45) is -0.142. The second kappa shape index (κ2) is 6.42. The number of hydrogen-bond acceptors (Lipinski definition) is 3. The Hall–Kier alpha value is -1.53. The van der Waals surface area contributed by atoms with Gasteiger partial charge in [-0.25, -0.2) is 8.78 Å². The molecule has 1 unspecified atom stereocenters. The molecule has 1 aromatic carbocycles. The smallest absolute Gasteiger partial charge is 0.303 e. The van der Waals surface area contributed by atoms with E-state index in [1.54, 1.807) is 0 Å². The summed E-state index contributed by atoms with van der Waals surface area (Å²) < 4.78 is 32.0. The molecule has 0 aliphatic carbocycles. The zero-order chi connectivity index (χ0) is 13.7. The second-order valence-corrected chi connectivity index (χ2v) is 3.94. The molecule has 6 heteroatoms. The Morgan fingerprint density at radius 1 is 1.44 bits per heavy atom. The van der Waals surface area contributed by atoms with Crippen molar-refractivity contribution < 1.29 is 23.4 Å². The number of carboxylic acid groups (broad SMARTS) is 1. The SMILES string of the molecule is COCc1cc(F)c(C(N)CCC(=O)O)cc1F. The molecule has 0 saturated heterocycles. The molecule has 0 bridgehead atoms. The van der Waals surface area contributed by atoms with Gasteiger partial charge in [0.2, 0.25) is 0 Å².